The predicted octanol–water partition coefficient (Wildman–Crippen LogP) is 2.33. The summed E-state index contributed by atoms with van der Waals surface area (Å²) in [6.07, 6.45) is 4.42. The van der Waals surface area contributed by atoms with Gasteiger partial charge in [-0.05, 0) is 24.3 Å². The van der Waals surface area contributed by atoms with E-state index in [-0.39, 0.29) is 5.91 Å². The maximum atomic E-state index is 11.8. The third-order valence-corrected chi connectivity index (χ3v) is 2.16. The quantitative estimate of drug-likeness (QED) is 0.753. The Kier molecular flexibility index (Phi) is 3.25. The van der Waals surface area contributed by atoms with Gasteiger partial charge in [0.05, 0.1) is 5.69 Å². The second-order valence-electron chi connectivity index (χ2n) is 3.26. The molecule has 0 atom stereocenters. The molecule has 0 spiro atoms. The summed E-state index contributed by atoms with van der Waals surface area (Å²) in [4.78, 5) is 21.4. The first kappa shape index (κ1) is 11.0. The number of amides is 1. The van der Waals surface area contributed by atoms with Crippen molar-refractivity contribution in [2.45, 2.75) is 0 Å². The number of carbonyl (C=O) groups is 1. The zero-order valence-corrected chi connectivity index (χ0v) is 9.15. The van der Waals surface area contributed by atoms with E-state index in [1.165, 1.54) is 11.0 Å². The van der Waals surface area contributed by atoms with E-state index in [0.717, 1.165) is 0 Å². The van der Waals surface area contributed by atoms with Crippen molar-refractivity contribution in [3.05, 3.63) is 61.4 Å². The normalized spacial score (nSPS) is 9.65. The monoisotopic (exact) mass is 225 g/mol. The van der Waals surface area contributed by atoms with Gasteiger partial charge in [-0.1, -0.05) is 24.8 Å². The Hall–Kier alpha value is -2.49. The molecule has 4 nitrogen and oxygen atoms in total. The van der Waals surface area contributed by atoms with Crippen molar-refractivity contribution in [2.24, 2.45) is 0 Å². The van der Waals surface area contributed by atoms with E-state index in [4.69, 9.17) is 0 Å². The van der Waals surface area contributed by atoms with Gasteiger partial charge in [-0.15, -0.1) is 0 Å². The predicted molar refractivity (Wildman–Crippen MR) is 65.8 cm³/mol. The van der Waals surface area contributed by atoms with E-state index in [9.17, 15) is 4.79 Å². The molecule has 0 aliphatic rings. The lowest BCUT2D eigenvalue weighted by molar-refractivity contribution is -0.113. The van der Waals surface area contributed by atoms with Crippen LogP contribution in [0.4, 0.5) is 11.6 Å². The van der Waals surface area contributed by atoms with Crippen molar-refractivity contribution in [1.82, 2.24) is 9.97 Å². The van der Waals surface area contributed by atoms with Gasteiger partial charge in [0, 0.05) is 12.4 Å². The van der Waals surface area contributed by atoms with Gasteiger partial charge >= 0.3 is 0 Å². The molecule has 0 bridgehead atoms. The largest absolute Gasteiger partial charge is 0.269 e. The smallest absolute Gasteiger partial charge is 0.257 e. The van der Waals surface area contributed by atoms with Crippen LogP contribution in [0.5, 0.6) is 0 Å². The van der Waals surface area contributed by atoms with Crippen LogP contribution in [-0.2, 0) is 4.79 Å². The van der Waals surface area contributed by atoms with Gasteiger partial charge in [-0.25, -0.2) is 14.9 Å². The zero-order valence-electron chi connectivity index (χ0n) is 9.15. The Balaban J connectivity index is 2.47. The number of hydrogen-bond acceptors (Lipinski definition) is 3. The van der Waals surface area contributed by atoms with Gasteiger partial charge in [0.15, 0.2) is 0 Å². The first-order valence-corrected chi connectivity index (χ1v) is 5.11. The number of anilines is 2. The summed E-state index contributed by atoms with van der Waals surface area (Å²) in [6, 6.07) is 10.9. The van der Waals surface area contributed by atoms with E-state index in [1.807, 2.05) is 30.3 Å². The second-order valence-corrected chi connectivity index (χ2v) is 3.26. The molecule has 1 heterocycles. The maximum Gasteiger partial charge on any atom is 0.257 e. The van der Waals surface area contributed by atoms with Gasteiger partial charge in [-0.3, -0.25) is 4.79 Å². The number of carbonyl (C=O) groups excluding carboxylic acids is 1. The zero-order chi connectivity index (χ0) is 12.1. The minimum Gasteiger partial charge on any atom is -0.269 e. The van der Waals surface area contributed by atoms with Crippen molar-refractivity contribution in [1.29, 1.82) is 0 Å². The van der Waals surface area contributed by atoms with Gasteiger partial charge in [0.1, 0.15) is 0 Å². The van der Waals surface area contributed by atoms with Crippen molar-refractivity contribution in [3.8, 4) is 0 Å². The minimum absolute atomic E-state index is 0.262. The first-order valence-electron chi connectivity index (χ1n) is 5.11. The summed E-state index contributed by atoms with van der Waals surface area (Å²) in [5.74, 6) is 0.0750. The molecule has 4 heteroatoms. The molecular formula is C13H11N3O. The molecule has 0 aliphatic heterocycles. The lowest BCUT2D eigenvalue weighted by Crippen LogP contribution is -2.25. The molecule has 1 aromatic carbocycles. The molecule has 0 saturated carbocycles. The van der Waals surface area contributed by atoms with Crippen LogP contribution in [0.1, 0.15) is 0 Å². The van der Waals surface area contributed by atoms with Crippen LogP contribution in [0.15, 0.2) is 61.4 Å². The Bertz CT molecular complexity index is 471. The summed E-state index contributed by atoms with van der Waals surface area (Å²) in [5.41, 5.74) is 0.712. The highest BCUT2D eigenvalue weighted by molar-refractivity contribution is 6.05. The Morgan fingerprint density at radius 2 is 1.76 bits per heavy atom. The average Bonchev–Trinajstić information content (AvgIpc) is 2.41. The molecule has 84 valence electrons. The number of aromatic nitrogens is 2. The molecular weight excluding hydrogens is 214 g/mol. The van der Waals surface area contributed by atoms with Crippen LogP contribution in [-0.4, -0.2) is 15.9 Å². The van der Waals surface area contributed by atoms with Crippen LogP contribution < -0.4 is 4.90 Å². The minimum atomic E-state index is -0.262. The van der Waals surface area contributed by atoms with Crippen LogP contribution in [0.3, 0.4) is 0 Å². The van der Waals surface area contributed by atoms with Gasteiger partial charge in [0.25, 0.3) is 5.91 Å². The molecule has 0 fully saturated rings. The summed E-state index contributed by atoms with van der Waals surface area (Å²) in [5, 5.41) is 0. The van der Waals surface area contributed by atoms with E-state index in [2.05, 4.69) is 16.5 Å². The van der Waals surface area contributed by atoms with Gasteiger partial charge in [0.2, 0.25) is 5.95 Å². The number of rotatable bonds is 3. The van der Waals surface area contributed by atoms with Crippen LogP contribution in [0, 0.1) is 0 Å². The van der Waals surface area contributed by atoms with Crippen molar-refractivity contribution in [2.75, 3.05) is 4.90 Å². The topological polar surface area (TPSA) is 46.1 Å². The Morgan fingerprint density at radius 3 is 2.35 bits per heavy atom. The highest BCUT2D eigenvalue weighted by atomic mass is 16.2. The lowest BCUT2D eigenvalue weighted by atomic mass is 10.3. The first-order chi connectivity index (χ1) is 8.33. The van der Waals surface area contributed by atoms with E-state index >= 15 is 0 Å². The molecule has 0 radical (unpaired) electrons. The van der Waals surface area contributed by atoms with E-state index in [0.29, 0.717) is 11.6 Å². The summed E-state index contributed by atoms with van der Waals surface area (Å²) >= 11 is 0. The maximum absolute atomic E-state index is 11.8. The second kappa shape index (κ2) is 5.03. The molecule has 0 saturated heterocycles. The molecule has 0 unspecified atom stereocenters. The summed E-state index contributed by atoms with van der Waals surface area (Å²) in [6.45, 7) is 3.49. The average molecular weight is 225 g/mol. The fourth-order valence-electron chi connectivity index (χ4n) is 1.42. The highest BCUT2D eigenvalue weighted by Gasteiger charge is 2.16. The molecule has 2 rings (SSSR count). The van der Waals surface area contributed by atoms with Crippen LogP contribution in [0.2, 0.25) is 0 Å². The fourth-order valence-corrected chi connectivity index (χ4v) is 1.42. The Labute approximate surface area is 99.3 Å². The van der Waals surface area contributed by atoms with Crippen molar-refractivity contribution < 1.29 is 4.79 Å². The molecule has 0 N–H and O–H groups in total. The van der Waals surface area contributed by atoms with Crippen molar-refractivity contribution in [3.63, 3.8) is 0 Å². The van der Waals surface area contributed by atoms with E-state index in [1.54, 1.807) is 18.5 Å². The SMILES string of the molecule is C=CC(=O)N(c1ccccc1)c1ncccn1. The lowest BCUT2D eigenvalue weighted by Gasteiger charge is -2.18. The number of nitrogens with zero attached hydrogens (tertiary/aromatic N) is 3. The van der Waals surface area contributed by atoms with Crippen molar-refractivity contribution >= 4 is 17.5 Å². The summed E-state index contributed by atoms with van der Waals surface area (Å²) < 4.78 is 0. The molecule has 0 aliphatic carbocycles. The van der Waals surface area contributed by atoms with Crippen LogP contribution >= 0.6 is 0 Å². The van der Waals surface area contributed by atoms with Gasteiger partial charge in [-0.2, -0.15) is 0 Å². The molecule has 1 aromatic heterocycles. The molecule has 1 amide bonds. The number of para-hydroxylation sites is 1. The molecule has 17 heavy (non-hydrogen) atoms. The van der Waals surface area contributed by atoms with Gasteiger partial charge < -0.3 is 0 Å². The number of hydrogen-bond donors (Lipinski definition) is 0. The third kappa shape index (κ3) is 2.36. The van der Waals surface area contributed by atoms with E-state index < -0.39 is 0 Å². The number of benzene rings is 1. The van der Waals surface area contributed by atoms with Crippen LogP contribution in [0.25, 0.3) is 0 Å². The molecule has 2 aromatic rings. The standard InChI is InChI=1S/C13H11N3O/c1-2-12(17)16(11-7-4-3-5-8-11)13-14-9-6-10-15-13/h2-10H,1H2. The third-order valence-electron chi connectivity index (χ3n) is 2.16. The fraction of sp³-hybridized carbons (Fsp3) is 0. The Morgan fingerprint density at radius 1 is 1.12 bits per heavy atom. The highest BCUT2D eigenvalue weighted by Crippen LogP contribution is 2.21. The summed E-state index contributed by atoms with van der Waals surface area (Å²) in [7, 11) is 0.